The molecule has 26 heavy (non-hydrogen) atoms. The minimum atomic E-state index is -4.09. The number of allylic oxidation sites excluding steroid dienone is 1. The minimum Gasteiger partial charge on any atom is -0.507 e. The van der Waals surface area contributed by atoms with Crippen LogP contribution in [0.1, 0.15) is 12.5 Å². The van der Waals surface area contributed by atoms with Crippen molar-refractivity contribution < 1.29 is 23.1 Å². The van der Waals surface area contributed by atoms with Crippen molar-refractivity contribution in [2.45, 2.75) is 11.8 Å². The van der Waals surface area contributed by atoms with Gasteiger partial charge < -0.3 is 5.11 Å². The average molecular weight is 414 g/mol. The summed E-state index contributed by atoms with van der Waals surface area (Å²) in [6, 6.07) is 9.93. The van der Waals surface area contributed by atoms with E-state index in [1.807, 2.05) is 0 Å². The van der Waals surface area contributed by atoms with Gasteiger partial charge in [0.2, 0.25) is 5.78 Å². The molecule has 0 aromatic heterocycles. The zero-order valence-corrected chi connectivity index (χ0v) is 15.7. The highest BCUT2D eigenvalue weighted by atomic mass is 35.5. The van der Waals surface area contributed by atoms with Crippen molar-refractivity contribution in [2.24, 2.45) is 0 Å². The Morgan fingerprint density at radius 2 is 1.65 bits per heavy atom. The molecule has 9 heteroatoms. The Labute approximate surface area is 160 Å². The molecular formula is C17H13Cl2NO5S. The van der Waals surface area contributed by atoms with Crippen LogP contribution in [-0.4, -0.2) is 25.1 Å². The molecule has 2 aromatic carbocycles. The van der Waals surface area contributed by atoms with Crippen LogP contribution in [0.3, 0.4) is 0 Å². The highest BCUT2D eigenvalue weighted by Gasteiger charge is 2.22. The molecule has 0 aliphatic rings. The number of hydrogen-bond donors (Lipinski definition) is 2. The second kappa shape index (κ2) is 7.90. The van der Waals surface area contributed by atoms with Gasteiger partial charge in [-0.15, -0.1) is 0 Å². The Bertz CT molecular complexity index is 995. The van der Waals surface area contributed by atoms with Crippen LogP contribution in [0.2, 0.25) is 10.0 Å². The molecule has 136 valence electrons. The van der Waals surface area contributed by atoms with E-state index in [4.69, 9.17) is 23.2 Å². The third-order valence-electron chi connectivity index (χ3n) is 3.21. The number of rotatable bonds is 6. The van der Waals surface area contributed by atoms with E-state index in [9.17, 15) is 23.1 Å². The Kier molecular flexibility index (Phi) is 6.07. The Hall–Kier alpha value is -2.35. The largest absolute Gasteiger partial charge is 0.507 e. The van der Waals surface area contributed by atoms with Crippen LogP contribution in [0.25, 0.3) is 5.76 Å². The number of ketones is 2. The number of sulfonamides is 1. The fourth-order valence-electron chi connectivity index (χ4n) is 2.00. The standard InChI is InChI=1S/C17H13Cl2NO5S/c1-10(21)15(22)9-16(23)11-4-2-5-12(8-11)20-26(24,25)17-13(18)6-3-7-14(17)19/h2-9,20,23H,1H3. The van der Waals surface area contributed by atoms with Gasteiger partial charge >= 0.3 is 0 Å². The zero-order chi connectivity index (χ0) is 19.5. The quantitative estimate of drug-likeness (QED) is 0.425. The summed E-state index contributed by atoms with van der Waals surface area (Å²) >= 11 is 11.9. The highest BCUT2D eigenvalue weighted by Crippen LogP contribution is 2.30. The molecule has 0 aliphatic carbocycles. The molecule has 0 spiro atoms. The second-order valence-corrected chi connectivity index (χ2v) is 7.62. The van der Waals surface area contributed by atoms with E-state index in [0.29, 0.717) is 0 Å². The van der Waals surface area contributed by atoms with Crippen molar-refractivity contribution >= 4 is 56.2 Å². The molecule has 0 saturated carbocycles. The second-order valence-electron chi connectivity index (χ2n) is 5.19. The summed E-state index contributed by atoms with van der Waals surface area (Å²) in [5, 5.41) is 9.85. The summed E-state index contributed by atoms with van der Waals surface area (Å²) in [6.07, 6.45) is 0.765. The van der Waals surface area contributed by atoms with Gasteiger partial charge in [-0.05, 0) is 24.3 Å². The number of carbonyl (C=O) groups excluding carboxylic acids is 2. The molecular weight excluding hydrogens is 401 g/mol. The number of benzene rings is 2. The van der Waals surface area contributed by atoms with Gasteiger partial charge in [0.15, 0.2) is 5.78 Å². The number of hydrogen-bond acceptors (Lipinski definition) is 5. The topological polar surface area (TPSA) is 101 Å². The summed E-state index contributed by atoms with van der Waals surface area (Å²) in [4.78, 5) is 22.1. The molecule has 0 radical (unpaired) electrons. The molecule has 0 unspecified atom stereocenters. The maximum atomic E-state index is 12.5. The first-order valence-electron chi connectivity index (χ1n) is 7.14. The third-order valence-corrected chi connectivity index (χ3v) is 5.55. The first kappa shape index (κ1) is 20.0. The van der Waals surface area contributed by atoms with Crippen molar-refractivity contribution in [3.63, 3.8) is 0 Å². The van der Waals surface area contributed by atoms with E-state index < -0.39 is 27.3 Å². The molecule has 0 saturated heterocycles. The molecule has 6 nitrogen and oxygen atoms in total. The van der Waals surface area contributed by atoms with Crippen LogP contribution >= 0.6 is 23.2 Å². The van der Waals surface area contributed by atoms with E-state index in [1.165, 1.54) is 42.5 Å². The van der Waals surface area contributed by atoms with Crippen molar-refractivity contribution in [1.82, 2.24) is 0 Å². The van der Waals surface area contributed by atoms with Gasteiger partial charge in [-0.2, -0.15) is 0 Å². The molecule has 0 fully saturated rings. The van der Waals surface area contributed by atoms with Gasteiger partial charge in [0, 0.05) is 24.3 Å². The normalized spacial score (nSPS) is 11.9. The van der Waals surface area contributed by atoms with Crippen LogP contribution < -0.4 is 4.72 Å². The lowest BCUT2D eigenvalue weighted by Crippen LogP contribution is -2.14. The van der Waals surface area contributed by atoms with E-state index in [-0.39, 0.29) is 26.2 Å². The molecule has 2 rings (SSSR count). The molecule has 0 bridgehead atoms. The first-order chi connectivity index (χ1) is 12.1. The SMILES string of the molecule is CC(=O)C(=O)C=C(O)c1cccc(NS(=O)(=O)c2c(Cl)cccc2Cl)c1. The van der Waals surface area contributed by atoms with Crippen LogP contribution in [-0.2, 0) is 19.6 Å². The lowest BCUT2D eigenvalue weighted by Gasteiger charge is -2.12. The van der Waals surface area contributed by atoms with Gasteiger partial charge in [-0.3, -0.25) is 14.3 Å². The number of Topliss-reactive ketones (excluding diaryl/α,β-unsaturated/α-hetero) is 1. The Morgan fingerprint density at radius 3 is 2.23 bits per heavy atom. The molecule has 0 heterocycles. The van der Waals surface area contributed by atoms with Crippen LogP contribution in [0.4, 0.5) is 5.69 Å². The number of carbonyl (C=O) groups is 2. The average Bonchev–Trinajstić information content (AvgIpc) is 2.54. The summed E-state index contributed by atoms with van der Waals surface area (Å²) in [7, 11) is -4.09. The lowest BCUT2D eigenvalue weighted by molar-refractivity contribution is -0.132. The van der Waals surface area contributed by atoms with Gasteiger partial charge in [-0.1, -0.05) is 41.4 Å². The number of nitrogens with one attached hydrogen (secondary N) is 1. The number of aliphatic hydroxyl groups excluding tert-OH is 1. The molecule has 2 N–H and O–H groups in total. The van der Waals surface area contributed by atoms with Crippen LogP contribution in [0, 0.1) is 0 Å². The van der Waals surface area contributed by atoms with Crippen LogP contribution in [0.5, 0.6) is 0 Å². The number of anilines is 1. The summed E-state index contributed by atoms with van der Waals surface area (Å²) < 4.78 is 27.4. The highest BCUT2D eigenvalue weighted by molar-refractivity contribution is 7.93. The maximum absolute atomic E-state index is 12.5. The number of aliphatic hydroxyl groups is 1. The van der Waals surface area contributed by atoms with Crippen LogP contribution in [0.15, 0.2) is 53.4 Å². The predicted octanol–water partition coefficient (Wildman–Crippen LogP) is 3.85. The van der Waals surface area contributed by atoms with E-state index in [0.717, 1.165) is 13.0 Å². The van der Waals surface area contributed by atoms with Crippen molar-refractivity contribution in [2.75, 3.05) is 4.72 Å². The fraction of sp³-hybridized carbons (Fsp3) is 0.0588. The molecule has 2 aromatic rings. The third kappa shape index (κ3) is 4.63. The van der Waals surface area contributed by atoms with Crippen molar-refractivity contribution in [3.05, 3.63) is 64.1 Å². The molecule has 0 aliphatic heterocycles. The number of halogens is 2. The summed E-state index contributed by atoms with van der Waals surface area (Å²) in [5.74, 6) is -2.08. The smallest absolute Gasteiger partial charge is 0.264 e. The van der Waals surface area contributed by atoms with E-state index in [2.05, 4.69) is 4.72 Å². The lowest BCUT2D eigenvalue weighted by atomic mass is 10.1. The summed E-state index contributed by atoms with van der Waals surface area (Å²) in [6.45, 7) is 1.07. The first-order valence-corrected chi connectivity index (χ1v) is 9.38. The predicted molar refractivity (Wildman–Crippen MR) is 100 cm³/mol. The van der Waals surface area contributed by atoms with Gasteiger partial charge in [-0.25, -0.2) is 8.42 Å². The monoisotopic (exact) mass is 413 g/mol. The fourth-order valence-corrected chi connectivity index (χ4v) is 4.19. The van der Waals surface area contributed by atoms with E-state index >= 15 is 0 Å². The van der Waals surface area contributed by atoms with Crippen molar-refractivity contribution in [3.8, 4) is 0 Å². The minimum absolute atomic E-state index is 0.0454. The molecule has 0 amide bonds. The molecule has 0 atom stereocenters. The van der Waals surface area contributed by atoms with Gasteiger partial charge in [0.05, 0.1) is 10.0 Å². The van der Waals surface area contributed by atoms with Gasteiger partial charge in [0.25, 0.3) is 10.0 Å². The Balaban J connectivity index is 2.37. The van der Waals surface area contributed by atoms with E-state index in [1.54, 1.807) is 0 Å². The summed E-state index contributed by atoms with van der Waals surface area (Å²) in [5.41, 5.74) is 0.249. The maximum Gasteiger partial charge on any atom is 0.264 e. The zero-order valence-electron chi connectivity index (χ0n) is 13.4. The Morgan fingerprint density at radius 1 is 1.08 bits per heavy atom. The van der Waals surface area contributed by atoms with Crippen molar-refractivity contribution in [1.29, 1.82) is 0 Å². The van der Waals surface area contributed by atoms with Gasteiger partial charge in [0.1, 0.15) is 10.7 Å².